The molecule has 7 nitrogen and oxygen atoms in total. The van der Waals surface area contributed by atoms with E-state index >= 15 is 0 Å². The lowest BCUT2D eigenvalue weighted by atomic mass is 9.89. The number of likely N-dealkylation sites (tertiary alicyclic amines) is 1. The second-order valence-electron chi connectivity index (χ2n) is 8.79. The van der Waals surface area contributed by atoms with Gasteiger partial charge in [0.25, 0.3) is 0 Å². The second-order valence-corrected chi connectivity index (χ2v) is 10.2. The first kappa shape index (κ1) is 26.5. The molecule has 2 fully saturated rings. The number of rotatable bonds is 8. The maximum atomic E-state index is 12.6. The van der Waals surface area contributed by atoms with Crippen LogP contribution in [0, 0.1) is 11.8 Å². The van der Waals surface area contributed by atoms with Gasteiger partial charge in [-0.15, -0.1) is 0 Å². The average Bonchev–Trinajstić information content (AvgIpc) is 3.32. The highest BCUT2D eigenvalue weighted by molar-refractivity contribution is 7.97. The summed E-state index contributed by atoms with van der Waals surface area (Å²) in [5.41, 5.74) is 1.67. The van der Waals surface area contributed by atoms with Crippen molar-refractivity contribution in [3.05, 3.63) is 24.3 Å². The summed E-state index contributed by atoms with van der Waals surface area (Å²) in [5.74, 6) is 0.875. The maximum absolute atomic E-state index is 12.6. The van der Waals surface area contributed by atoms with Crippen LogP contribution in [-0.2, 0) is 9.59 Å². The molecule has 0 radical (unpaired) electrons. The molecule has 180 valence electrons. The van der Waals surface area contributed by atoms with E-state index in [-0.39, 0.29) is 18.2 Å². The number of carbonyl (C=O) groups is 2. The third kappa shape index (κ3) is 9.38. The Balaban J connectivity index is 0.000000258. The molecule has 0 bridgehead atoms. The van der Waals surface area contributed by atoms with Crippen LogP contribution in [0.3, 0.4) is 0 Å². The van der Waals surface area contributed by atoms with Crippen molar-refractivity contribution >= 4 is 23.8 Å². The summed E-state index contributed by atoms with van der Waals surface area (Å²) in [6.07, 6.45) is 9.04. The van der Waals surface area contributed by atoms with Gasteiger partial charge in [-0.1, -0.05) is 25.7 Å². The molecule has 3 rings (SSSR count). The molecule has 1 heterocycles. The van der Waals surface area contributed by atoms with E-state index in [9.17, 15) is 9.59 Å². The molecule has 1 atom stereocenters. The number of methoxy groups -OCH3 is 1. The number of hydrogen-bond donors (Lipinski definition) is 2. The van der Waals surface area contributed by atoms with E-state index in [1.54, 1.807) is 24.5 Å². The fourth-order valence-electron chi connectivity index (χ4n) is 4.41. The topological polar surface area (TPSA) is 82.1 Å². The van der Waals surface area contributed by atoms with Gasteiger partial charge in [0.2, 0.25) is 11.8 Å². The average molecular weight is 466 g/mol. The normalized spacial score (nSPS) is 17.5. The number of ether oxygens (including phenoxy) is 1. The van der Waals surface area contributed by atoms with Gasteiger partial charge in [-0.05, 0) is 81.9 Å². The van der Waals surface area contributed by atoms with E-state index in [0.29, 0.717) is 5.92 Å². The molecule has 1 saturated carbocycles. The Morgan fingerprint density at radius 2 is 1.75 bits per heavy atom. The van der Waals surface area contributed by atoms with Crippen molar-refractivity contribution < 1.29 is 19.5 Å². The monoisotopic (exact) mass is 465 g/mol. The van der Waals surface area contributed by atoms with Gasteiger partial charge < -0.3 is 9.64 Å². The molecule has 32 heavy (non-hydrogen) atoms. The van der Waals surface area contributed by atoms with E-state index < -0.39 is 5.91 Å². The Kier molecular flexibility index (Phi) is 11.9. The van der Waals surface area contributed by atoms with Gasteiger partial charge in [0.15, 0.2) is 0 Å². The third-order valence-electron chi connectivity index (χ3n) is 6.01. The highest BCUT2D eigenvalue weighted by atomic mass is 32.2. The summed E-state index contributed by atoms with van der Waals surface area (Å²) in [6, 6.07) is 8.02. The Morgan fingerprint density at radius 3 is 2.28 bits per heavy atom. The van der Waals surface area contributed by atoms with Crippen LogP contribution in [0.1, 0.15) is 57.8 Å². The molecule has 2 amide bonds. The molecule has 1 aliphatic heterocycles. The molecule has 0 aromatic heterocycles. The Labute approximate surface area is 197 Å². The molecule has 1 aromatic rings. The largest absolute Gasteiger partial charge is 0.497 e. The number of hydroxylamine groups is 1. The van der Waals surface area contributed by atoms with Crippen LogP contribution in [0.2, 0.25) is 0 Å². The first-order valence-electron chi connectivity index (χ1n) is 11.6. The summed E-state index contributed by atoms with van der Waals surface area (Å²) in [4.78, 5) is 27.2. The van der Waals surface area contributed by atoms with Crippen LogP contribution in [0.4, 0.5) is 0 Å². The van der Waals surface area contributed by atoms with E-state index in [2.05, 4.69) is 4.31 Å². The van der Waals surface area contributed by atoms with E-state index in [1.165, 1.54) is 37.0 Å². The van der Waals surface area contributed by atoms with Gasteiger partial charge >= 0.3 is 0 Å². The summed E-state index contributed by atoms with van der Waals surface area (Å²) in [7, 11) is 5.72. The number of benzene rings is 1. The minimum Gasteiger partial charge on any atom is -0.497 e. The number of piperidine rings is 1. The fourth-order valence-corrected chi connectivity index (χ4v) is 5.09. The Bertz CT molecular complexity index is 687. The number of carbonyl (C=O) groups excluding carboxylic acids is 2. The quantitative estimate of drug-likeness (QED) is 0.337. The van der Waals surface area contributed by atoms with Crippen molar-refractivity contribution in [2.45, 2.75) is 62.7 Å². The molecule has 1 aliphatic carbocycles. The van der Waals surface area contributed by atoms with E-state index in [0.717, 1.165) is 38.1 Å². The van der Waals surface area contributed by atoms with Crippen molar-refractivity contribution in [3.8, 4) is 5.75 Å². The molecule has 2 aliphatic rings. The van der Waals surface area contributed by atoms with Gasteiger partial charge in [-0.2, -0.15) is 0 Å². The molecular formula is C24H39N3O4S. The van der Waals surface area contributed by atoms with Gasteiger partial charge in [-0.3, -0.25) is 19.1 Å². The van der Waals surface area contributed by atoms with Crippen LogP contribution >= 0.6 is 11.9 Å². The second kappa shape index (κ2) is 14.4. The number of nitrogens with zero attached hydrogens (tertiary/aromatic N) is 2. The fraction of sp³-hybridized carbons (Fsp3) is 0.667. The van der Waals surface area contributed by atoms with E-state index in [4.69, 9.17) is 9.94 Å². The zero-order chi connectivity index (χ0) is 23.3. The Morgan fingerprint density at radius 1 is 1.12 bits per heavy atom. The lowest BCUT2D eigenvalue weighted by Crippen LogP contribution is -2.41. The summed E-state index contributed by atoms with van der Waals surface area (Å²) >= 11 is 1.70. The smallest absolute Gasteiger partial charge is 0.244 e. The van der Waals surface area contributed by atoms with Gasteiger partial charge in [0.1, 0.15) is 5.75 Å². The van der Waals surface area contributed by atoms with Gasteiger partial charge in [0, 0.05) is 30.3 Å². The molecule has 2 N–H and O–H groups in total. The first-order chi connectivity index (χ1) is 15.4. The number of amides is 2. The van der Waals surface area contributed by atoms with Crippen molar-refractivity contribution in [1.82, 2.24) is 14.7 Å². The zero-order valence-corrected chi connectivity index (χ0v) is 20.5. The van der Waals surface area contributed by atoms with Crippen LogP contribution in [0.25, 0.3) is 0 Å². The maximum Gasteiger partial charge on any atom is 0.244 e. The lowest BCUT2D eigenvalue weighted by molar-refractivity contribution is -0.141. The van der Waals surface area contributed by atoms with Crippen molar-refractivity contribution in [3.63, 3.8) is 0 Å². The van der Waals surface area contributed by atoms with Crippen LogP contribution in [-0.4, -0.2) is 60.5 Å². The predicted octanol–water partition coefficient (Wildman–Crippen LogP) is 4.35. The molecule has 1 aromatic carbocycles. The standard InChI is InChI=1S/C15H26N2O3.C9H13NOS/c18-14(16-20)11-13(10-12-6-2-3-7-12)15(19)17-8-4-1-5-9-17;1-10(2)12-9-6-4-8(11-3)5-7-9/h12-13,20H,1-11H2,(H,16,18);4-7H,1-3H3/t13-;/m1./s1. The minimum absolute atomic E-state index is 0.111. The molecular weight excluding hydrogens is 426 g/mol. The van der Waals surface area contributed by atoms with Crippen molar-refractivity contribution in [1.29, 1.82) is 0 Å². The molecule has 0 spiro atoms. The predicted molar refractivity (Wildman–Crippen MR) is 128 cm³/mol. The third-order valence-corrected chi connectivity index (χ3v) is 6.86. The first-order valence-corrected chi connectivity index (χ1v) is 12.4. The molecule has 0 unspecified atom stereocenters. The summed E-state index contributed by atoms with van der Waals surface area (Å²) in [5, 5.41) is 8.71. The van der Waals surface area contributed by atoms with Crippen LogP contribution in [0.5, 0.6) is 5.75 Å². The van der Waals surface area contributed by atoms with Crippen molar-refractivity contribution in [2.24, 2.45) is 11.8 Å². The summed E-state index contributed by atoms with van der Waals surface area (Å²) in [6.45, 7) is 1.64. The van der Waals surface area contributed by atoms with Crippen LogP contribution < -0.4 is 10.2 Å². The zero-order valence-electron chi connectivity index (χ0n) is 19.7. The van der Waals surface area contributed by atoms with E-state index in [1.807, 2.05) is 43.3 Å². The minimum atomic E-state index is -0.446. The highest BCUT2D eigenvalue weighted by Gasteiger charge is 2.30. The lowest BCUT2D eigenvalue weighted by Gasteiger charge is -2.31. The Hall–Kier alpha value is -1.77. The van der Waals surface area contributed by atoms with Gasteiger partial charge in [-0.25, -0.2) is 5.48 Å². The van der Waals surface area contributed by atoms with Crippen molar-refractivity contribution in [2.75, 3.05) is 34.3 Å². The van der Waals surface area contributed by atoms with Crippen LogP contribution in [0.15, 0.2) is 29.2 Å². The summed E-state index contributed by atoms with van der Waals surface area (Å²) < 4.78 is 7.11. The highest BCUT2D eigenvalue weighted by Crippen LogP contribution is 2.32. The number of nitrogens with one attached hydrogen (secondary N) is 1. The molecule has 8 heteroatoms. The van der Waals surface area contributed by atoms with Gasteiger partial charge in [0.05, 0.1) is 7.11 Å². The SMILES string of the molecule is COc1ccc(SN(C)C)cc1.O=C(C[C@@H](CC1CCCC1)C(=O)N1CCCCC1)NO. The number of hydrogen-bond acceptors (Lipinski definition) is 6. The molecule has 1 saturated heterocycles.